The van der Waals surface area contributed by atoms with Crippen LogP contribution < -0.4 is 10.4 Å². The van der Waals surface area contributed by atoms with Gasteiger partial charge in [-0.2, -0.15) is 0 Å². The summed E-state index contributed by atoms with van der Waals surface area (Å²) < 4.78 is 12.3. The van der Waals surface area contributed by atoms with Crippen LogP contribution in [0.4, 0.5) is 0 Å². The number of hydrogen-bond donors (Lipinski definition) is 0. The van der Waals surface area contributed by atoms with Gasteiger partial charge in [0.15, 0.2) is 0 Å². The standard InChI is InChI=1S/C22H20O2Si/c1-23-25(24-2,20-15-14-17-8-3-4-10-19(17)16-20)22-13-7-11-18-9-5-6-12-21(18)22/h3-16H,1-2H3. The number of rotatable bonds is 4. The van der Waals surface area contributed by atoms with Gasteiger partial charge in [-0.15, -0.1) is 0 Å². The van der Waals surface area contributed by atoms with Gasteiger partial charge >= 0.3 is 8.56 Å². The quantitative estimate of drug-likeness (QED) is 0.524. The molecule has 0 aliphatic carbocycles. The van der Waals surface area contributed by atoms with E-state index in [4.69, 9.17) is 8.85 Å². The zero-order valence-corrected chi connectivity index (χ0v) is 15.4. The summed E-state index contributed by atoms with van der Waals surface area (Å²) in [4.78, 5) is 0. The van der Waals surface area contributed by atoms with Crippen molar-refractivity contribution >= 4 is 40.5 Å². The molecule has 0 atom stereocenters. The van der Waals surface area contributed by atoms with Gasteiger partial charge in [-0.25, -0.2) is 0 Å². The van der Waals surface area contributed by atoms with Gasteiger partial charge in [0.25, 0.3) is 0 Å². The first kappa shape index (κ1) is 16.0. The molecular weight excluding hydrogens is 324 g/mol. The monoisotopic (exact) mass is 344 g/mol. The summed E-state index contributed by atoms with van der Waals surface area (Å²) in [6, 6.07) is 29.6. The first-order valence-corrected chi connectivity index (χ1v) is 10.2. The highest BCUT2D eigenvalue weighted by Crippen LogP contribution is 2.19. The molecule has 0 radical (unpaired) electrons. The second-order valence-corrected chi connectivity index (χ2v) is 9.28. The second-order valence-electron chi connectivity index (χ2n) is 6.11. The lowest BCUT2D eigenvalue weighted by molar-refractivity contribution is 0.273. The third kappa shape index (κ3) is 2.57. The molecule has 2 nitrogen and oxygen atoms in total. The van der Waals surface area contributed by atoms with E-state index in [-0.39, 0.29) is 0 Å². The maximum atomic E-state index is 6.13. The lowest BCUT2D eigenvalue weighted by Gasteiger charge is -2.29. The van der Waals surface area contributed by atoms with Crippen LogP contribution in [0.1, 0.15) is 0 Å². The molecule has 3 heteroatoms. The van der Waals surface area contributed by atoms with Crippen LogP contribution in [0.15, 0.2) is 84.9 Å². The topological polar surface area (TPSA) is 18.5 Å². The average molecular weight is 344 g/mol. The van der Waals surface area contributed by atoms with E-state index in [2.05, 4.69) is 84.9 Å². The lowest BCUT2D eigenvalue weighted by Crippen LogP contribution is -2.62. The fourth-order valence-corrected chi connectivity index (χ4v) is 6.54. The Morgan fingerprint density at radius 1 is 0.600 bits per heavy atom. The van der Waals surface area contributed by atoms with Crippen LogP contribution in [0, 0.1) is 0 Å². The van der Waals surface area contributed by atoms with Crippen LogP contribution in [-0.2, 0) is 8.85 Å². The van der Waals surface area contributed by atoms with Crippen molar-refractivity contribution in [3.05, 3.63) is 84.9 Å². The zero-order valence-electron chi connectivity index (χ0n) is 14.4. The Labute approximate surface area is 148 Å². The van der Waals surface area contributed by atoms with Crippen molar-refractivity contribution in [3.63, 3.8) is 0 Å². The van der Waals surface area contributed by atoms with Crippen LogP contribution in [0.25, 0.3) is 21.5 Å². The Kier molecular flexibility index (Phi) is 4.13. The largest absolute Gasteiger partial charge is 0.407 e. The molecule has 0 amide bonds. The molecular formula is C22H20O2Si. The number of fused-ring (bicyclic) bond motifs is 2. The minimum Gasteiger partial charge on any atom is -0.391 e. The maximum Gasteiger partial charge on any atom is 0.407 e. The highest BCUT2D eigenvalue weighted by Gasteiger charge is 2.42. The zero-order chi connectivity index (χ0) is 17.3. The summed E-state index contributed by atoms with van der Waals surface area (Å²) >= 11 is 0. The Bertz CT molecular complexity index is 1030. The van der Waals surface area contributed by atoms with E-state index in [0.717, 1.165) is 10.4 Å². The van der Waals surface area contributed by atoms with E-state index in [0.29, 0.717) is 0 Å². The van der Waals surface area contributed by atoms with E-state index >= 15 is 0 Å². The fraction of sp³-hybridized carbons (Fsp3) is 0.0909. The van der Waals surface area contributed by atoms with Crippen LogP contribution in [0.2, 0.25) is 0 Å². The minimum atomic E-state index is -2.78. The lowest BCUT2D eigenvalue weighted by atomic mass is 10.1. The Morgan fingerprint density at radius 2 is 1.24 bits per heavy atom. The predicted molar refractivity (Wildman–Crippen MR) is 107 cm³/mol. The van der Waals surface area contributed by atoms with Crippen LogP contribution >= 0.6 is 0 Å². The summed E-state index contributed by atoms with van der Waals surface area (Å²) in [6.07, 6.45) is 0. The molecule has 4 aromatic carbocycles. The first-order chi connectivity index (χ1) is 12.3. The Balaban J connectivity index is 2.00. The molecule has 0 heterocycles. The Hall–Kier alpha value is -2.46. The highest BCUT2D eigenvalue weighted by atomic mass is 28.4. The SMILES string of the molecule is CO[Si](OC)(c1ccc2ccccc2c1)c1cccc2ccccc12. The van der Waals surface area contributed by atoms with Crippen LogP contribution in [-0.4, -0.2) is 22.8 Å². The van der Waals surface area contributed by atoms with Crippen molar-refractivity contribution in [2.75, 3.05) is 14.2 Å². The van der Waals surface area contributed by atoms with Gasteiger partial charge in [-0.05, 0) is 26.7 Å². The van der Waals surface area contributed by atoms with E-state index in [1.54, 1.807) is 14.2 Å². The molecule has 25 heavy (non-hydrogen) atoms. The summed E-state index contributed by atoms with van der Waals surface area (Å²) in [5.74, 6) is 0. The van der Waals surface area contributed by atoms with Crippen molar-refractivity contribution in [1.29, 1.82) is 0 Å². The molecule has 4 rings (SSSR count). The second kappa shape index (κ2) is 6.45. The molecule has 124 valence electrons. The normalized spacial score (nSPS) is 11.9. The summed E-state index contributed by atoms with van der Waals surface area (Å²) in [6.45, 7) is 0. The van der Waals surface area contributed by atoms with E-state index in [9.17, 15) is 0 Å². The fourth-order valence-electron chi connectivity index (χ4n) is 3.60. The Morgan fingerprint density at radius 3 is 2.00 bits per heavy atom. The van der Waals surface area contributed by atoms with Crippen LogP contribution in [0.5, 0.6) is 0 Å². The molecule has 0 fully saturated rings. The van der Waals surface area contributed by atoms with Gasteiger partial charge in [0.2, 0.25) is 0 Å². The molecule has 0 N–H and O–H groups in total. The third-order valence-electron chi connectivity index (χ3n) is 4.85. The van der Waals surface area contributed by atoms with Crippen LogP contribution in [0.3, 0.4) is 0 Å². The molecule has 0 saturated heterocycles. The predicted octanol–water partition coefficient (Wildman–Crippen LogP) is 3.84. The molecule has 0 aliphatic heterocycles. The molecule has 0 bridgehead atoms. The van der Waals surface area contributed by atoms with E-state index in [1.165, 1.54) is 21.5 Å². The molecule has 0 aliphatic rings. The summed E-state index contributed by atoms with van der Waals surface area (Å²) in [5.41, 5.74) is 0. The van der Waals surface area contributed by atoms with E-state index < -0.39 is 8.56 Å². The maximum absolute atomic E-state index is 6.13. The summed E-state index contributed by atoms with van der Waals surface area (Å²) in [5, 5.41) is 7.07. The first-order valence-electron chi connectivity index (χ1n) is 8.36. The van der Waals surface area contributed by atoms with Gasteiger partial charge in [-0.3, -0.25) is 0 Å². The third-order valence-corrected chi connectivity index (χ3v) is 8.21. The summed E-state index contributed by atoms with van der Waals surface area (Å²) in [7, 11) is 0.736. The van der Waals surface area contributed by atoms with Gasteiger partial charge in [0.05, 0.1) is 0 Å². The molecule has 4 aromatic rings. The minimum absolute atomic E-state index is 1.12. The average Bonchev–Trinajstić information content (AvgIpc) is 2.69. The smallest absolute Gasteiger partial charge is 0.391 e. The molecule has 0 unspecified atom stereocenters. The van der Waals surface area contributed by atoms with Crippen molar-refractivity contribution in [2.24, 2.45) is 0 Å². The van der Waals surface area contributed by atoms with Gasteiger partial charge in [0.1, 0.15) is 0 Å². The molecule has 0 aromatic heterocycles. The van der Waals surface area contributed by atoms with Crippen molar-refractivity contribution < 1.29 is 8.85 Å². The molecule has 0 saturated carbocycles. The number of benzene rings is 4. The van der Waals surface area contributed by atoms with Crippen molar-refractivity contribution in [2.45, 2.75) is 0 Å². The molecule has 0 spiro atoms. The van der Waals surface area contributed by atoms with Gasteiger partial charge in [0, 0.05) is 19.4 Å². The number of hydrogen-bond acceptors (Lipinski definition) is 2. The van der Waals surface area contributed by atoms with Crippen molar-refractivity contribution in [1.82, 2.24) is 0 Å². The highest BCUT2D eigenvalue weighted by molar-refractivity contribution is 6.94. The van der Waals surface area contributed by atoms with E-state index in [1.807, 2.05) is 0 Å². The van der Waals surface area contributed by atoms with Crippen molar-refractivity contribution in [3.8, 4) is 0 Å². The van der Waals surface area contributed by atoms with Gasteiger partial charge in [-0.1, -0.05) is 84.9 Å². The van der Waals surface area contributed by atoms with Gasteiger partial charge < -0.3 is 8.85 Å².